The number of ether oxygens (including phenoxy) is 1. The van der Waals surface area contributed by atoms with Gasteiger partial charge in [-0.15, -0.1) is 0 Å². The lowest BCUT2D eigenvalue weighted by Gasteiger charge is -2.30. The van der Waals surface area contributed by atoms with Gasteiger partial charge in [-0.05, 0) is 49.1 Å². The minimum absolute atomic E-state index is 0.0296. The fourth-order valence-electron chi connectivity index (χ4n) is 3.64. The lowest BCUT2D eigenvalue weighted by Crippen LogP contribution is -2.50. The van der Waals surface area contributed by atoms with E-state index in [9.17, 15) is 4.79 Å². The highest BCUT2D eigenvalue weighted by atomic mass is 16.5. The molecule has 2 aromatic rings. The number of fused-ring (bicyclic) bond motifs is 1. The molecule has 2 unspecified atom stereocenters. The Balaban J connectivity index is 1.49. The summed E-state index contributed by atoms with van der Waals surface area (Å²) >= 11 is 0. The molecule has 6 heteroatoms. The summed E-state index contributed by atoms with van der Waals surface area (Å²) in [6.45, 7) is 4.63. The Morgan fingerprint density at radius 1 is 1.19 bits per heavy atom. The van der Waals surface area contributed by atoms with E-state index in [1.54, 1.807) is 18.5 Å². The number of hydrazine groups is 1. The van der Waals surface area contributed by atoms with Crippen molar-refractivity contribution in [1.82, 2.24) is 15.4 Å². The van der Waals surface area contributed by atoms with Crippen LogP contribution in [0, 0.1) is 13.8 Å². The van der Waals surface area contributed by atoms with Gasteiger partial charge in [0.1, 0.15) is 18.1 Å². The minimum Gasteiger partial charge on any atom is -0.497 e. The van der Waals surface area contributed by atoms with E-state index in [0.29, 0.717) is 13.0 Å². The first-order valence-corrected chi connectivity index (χ1v) is 9.15. The number of aryl methyl sites for hydroxylation is 2. The van der Waals surface area contributed by atoms with Gasteiger partial charge in [0.25, 0.3) is 5.91 Å². The van der Waals surface area contributed by atoms with Gasteiger partial charge in [-0.2, -0.15) is 5.10 Å². The van der Waals surface area contributed by atoms with Crippen molar-refractivity contribution in [3.8, 4) is 5.75 Å². The average molecular weight is 364 g/mol. The zero-order chi connectivity index (χ0) is 19.0. The predicted octanol–water partition coefficient (Wildman–Crippen LogP) is 2.92. The number of amides is 1. The molecule has 0 spiro atoms. The third kappa shape index (κ3) is 3.40. The Labute approximate surface area is 159 Å². The summed E-state index contributed by atoms with van der Waals surface area (Å²) in [5.41, 5.74) is 8.00. The van der Waals surface area contributed by atoms with Crippen molar-refractivity contribution in [2.24, 2.45) is 5.10 Å². The van der Waals surface area contributed by atoms with Gasteiger partial charge in [-0.1, -0.05) is 35.9 Å². The summed E-state index contributed by atoms with van der Waals surface area (Å²) in [6.07, 6.45) is 2.43. The second-order valence-corrected chi connectivity index (χ2v) is 7.17. The van der Waals surface area contributed by atoms with E-state index in [0.717, 1.165) is 16.9 Å². The number of hydrogen-bond donors (Lipinski definition) is 1. The molecule has 6 nitrogen and oxygen atoms in total. The molecule has 1 amide bonds. The standard InChI is InChI=1S/C21H24N4O2/c1-14-4-5-15(2)17(10-14)12-24-21(26)20-11-19(23-25(20)13-22-24)16-6-8-18(27-3)9-7-16/h4-10,13,19-20,23H,11-12H2,1-3H3. The van der Waals surface area contributed by atoms with E-state index in [-0.39, 0.29) is 18.0 Å². The molecule has 4 rings (SSSR count). The maximum absolute atomic E-state index is 13.0. The summed E-state index contributed by atoms with van der Waals surface area (Å²) < 4.78 is 5.22. The van der Waals surface area contributed by atoms with Crippen LogP contribution in [0.4, 0.5) is 0 Å². The van der Waals surface area contributed by atoms with E-state index >= 15 is 0 Å². The van der Waals surface area contributed by atoms with Crippen LogP contribution in [0.25, 0.3) is 0 Å². The molecular formula is C21H24N4O2. The number of methoxy groups -OCH3 is 1. The van der Waals surface area contributed by atoms with Gasteiger partial charge >= 0.3 is 0 Å². The lowest BCUT2D eigenvalue weighted by molar-refractivity contribution is -0.137. The fraction of sp³-hybridized carbons (Fsp3) is 0.333. The van der Waals surface area contributed by atoms with Crippen LogP contribution in [0.3, 0.4) is 0 Å². The van der Waals surface area contributed by atoms with Crippen LogP contribution in [-0.2, 0) is 11.3 Å². The SMILES string of the molecule is COc1ccc(C2CC3C(=O)N(Cc4cc(C)ccc4C)N=CN3N2)cc1. The van der Waals surface area contributed by atoms with Gasteiger partial charge in [0.05, 0.1) is 19.7 Å². The van der Waals surface area contributed by atoms with Crippen LogP contribution in [-0.4, -0.2) is 35.4 Å². The van der Waals surface area contributed by atoms with Crippen LogP contribution in [0.1, 0.15) is 34.7 Å². The Morgan fingerprint density at radius 3 is 2.70 bits per heavy atom. The number of hydrazone groups is 1. The summed E-state index contributed by atoms with van der Waals surface area (Å²) in [4.78, 5) is 13.0. The molecule has 140 valence electrons. The smallest absolute Gasteiger partial charge is 0.267 e. The number of nitrogens with zero attached hydrogens (tertiary/aromatic N) is 3. The quantitative estimate of drug-likeness (QED) is 0.906. The largest absolute Gasteiger partial charge is 0.497 e. The van der Waals surface area contributed by atoms with Crippen molar-refractivity contribution in [2.75, 3.05) is 7.11 Å². The third-order valence-corrected chi connectivity index (χ3v) is 5.30. The van der Waals surface area contributed by atoms with Crippen molar-refractivity contribution in [3.63, 3.8) is 0 Å². The van der Waals surface area contributed by atoms with E-state index in [1.165, 1.54) is 11.1 Å². The Kier molecular flexibility index (Phi) is 4.58. The maximum Gasteiger partial charge on any atom is 0.267 e. The number of nitrogens with one attached hydrogen (secondary N) is 1. The van der Waals surface area contributed by atoms with Gasteiger partial charge in [-0.3, -0.25) is 9.80 Å². The normalized spacial score (nSPS) is 21.5. The molecule has 0 bridgehead atoms. The molecule has 0 saturated carbocycles. The molecule has 2 aromatic carbocycles. The van der Waals surface area contributed by atoms with E-state index in [2.05, 4.69) is 42.6 Å². The van der Waals surface area contributed by atoms with Crippen molar-refractivity contribution < 1.29 is 9.53 Å². The van der Waals surface area contributed by atoms with E-state index < -0.39 is 0 Å². The van der Waals surface area contributed by atoms with E-state index in [4.69, 9.17) is 4.74 Å². The van der Waals surface area contributed by atoms with Gasteiger partial charge in [0.2, 0.25) is 0 Å². The Morgan fingerprint density at radius 2 is 1.96 bits per heavy atom. The highest BCUT2D eigenvalue weighted by molar-refractivity contribution is 5.87. The lowest BCUT2D eigenvalue weighted by atomic mass is 10.0. The molecule has 2 aliphatic heterocycles. The highest BCUT2D eigenvalue weighted by Gasteiger charge is 2.40. The molecule has 1 N–H and O–H groups in total. The molecule has 0 aliphatic carbocycles. The Bertz CT molecular complexity index is 878. The fourth-order valence-corrected chi connectivity index (χ4v) is 3.64. The number of hydrogen-bond acceptors (Lipinski definition) is 5. The third-order valence-electron chi connectivity index (χ3n) is 5.30. The van der Waals surface area contributed by atoms with Crippen molar-refractivity contribution in [2.45, 2.75) is 38.9 Å². The first kappa shape index (κ1) is 17.5. The van der Waals surface area contributed by atoms with Crippen molar-refractivity contribution >= 4 is 12.2 Å². The monoisotopic (exact) mass is 364 g/mol. The summed E-state index contributed by atoms with van der Waals surface area (Å²) in [6, 6.07) is 14.1. The van der Waals surface area contributed by atoms with Gasteiger partial charge < -0.3 is 4.74 Å². The van der Waals surface area contributed by atoms with Gasteiger partial charge in [0, 0.05) is 0 Å². The number of carbonyl (C=O) groups is 1. The highest BCUT2D eigenvalue weighted by Crippen LogP contribution is 2.31. The zero-order valence-corrected chi connectivity index (χ0v) is 15.8. The first-order chi connectivity index (χ1) is 13.0. The van der Waals surface area contributed by atoms with Crippen molar-refractivity contribution in [1.29, 1.82) is 0 Å². The van der Waals surface area contributed by atoms with Crippen LogP contribution in [0.2, 0.25) is 0 Å². The minimum atomic E-state index is -0.236. The summed E-state index contributed by atoms with van der Waals surface area (Å²) in [5, 5.41) is 7.79. The van der Waals surface area contributed by atoms with Crippen LogP contribution >= 0.6 is 0 Å². The predicted molar refractivity (Wildman–Crippen MR) is 104 cm³/mol. The van der Waals surface area contributed by atoms with Gasteiger partial charge in [-0.25, -0.2) is 10.4 Å². The molecule has 27 heavy (non-hydrogen) atoms. The summed E-state index contributed by atoms with van der Waals surface area (Å²) in [7, 11) is 1.66. The van der Waals surface area contributed by atoms with Crippen molar-refractivity contribution in [3.05, 3.63) is 64.7 Å². The Hall–Kier alpha value is -2.86. The first-order valence-electron chi connectivity index (χ1n) is 9.15. The topological polar surface area (TPSA) is 57.2 Å². The summed E-state index contributed by atoms with van der Waals surface area (Å²) in [5.74, 6) is 0.855. The average Bonchev–Trinajstić information content (AvgIpc) is 3.12. The number of benzene rings is 2. The second kappa shape index (κ2) is 7.04. The van der Waals surface area contributed by atoms with Crippen LogP contribution in [0.15, 0.2) is 47.6 Å². The van der Waals surface area contributed by atoms with Crippen LogP contribution < -0.4 is 10.2 Å². The maximum atomic E-state index is 13.0. The molecule has 0 radical (unpaired) electrons. The zero-order valence-electron chi connectivity index (χ0n) is 15.8. The number of rotatable bonds is 4. The molecule has 2 heterocycles. The van der Waals surface area contributed by atoms with E-state index in [1.807, 2.05) is 29.3 Å². The van der Waals surface area contributed by atoms with Crippen LogP contribution in [0.5, 0.6) is 5.75 Å². The molecule has 1 saturated heterocycles. The molecule has 0 aromatic heterocycles. The number of carbonyl (C=O) groups excluding carboxylic acids is 1. The van der Waals surface area contributed by atoms with Gasteiger partial charge in [0.15, 0.2) is 0 Å². The molecule has 2 aliphatic rings. The second-order valence-electron chi connectivity index (χ2n) is 7.17. The molecule has 2 atom stereocenters. The molecular weight excluding hydrogens is 340 g/mol. The molecule has 1 fully saturated rings.